The van der Waals surface area contributed by atoms with E-state index < -0.39 is 84.6 Å². The van der Waals surface area contributed by atoms with Crippen molar-refractivity contribution in [1.29, 1.82) is 0 Å². The summed E-state index contributed by atoms with van der Waals surface area (Å²) in [6.07, 6.45) is -22.0. The first-order valence-electron chi connectivity index (χ1n) is 9.66. The standard InChI is InChI=1S/C18H17F13O4/c1-8(13(19,20)21)10(32)34-16(18(29,30)31)15(24,25)11(2,33)14(22,23)12(35-16,17(26,27)28)9-6-4-3-5-7-9/h9,33H,1,3-7H2,2H3. The van der Waals surface area contributed by atoms with Crippen molar-refractivity contribution >= 4 is 5.97 Å². The highest BCUT2D eigenvalue weighted by Gasteiger charge is 2.96. The maximum atomic E-state index is 15.2. The van der Waals surface area contributed by atoms with Gasteiger partial charge >= 0.3 is 42.1 Å². The van der Waals surface area contributed by atoms with Crippen LogP contribution < -0.4 is 0 Å². The largest absolute Gasteiger partial charge is 0.462 e. The molecule has 2 rings (SSSR count). The molecule has 17 heteroatoms. The van der Waals surface area contributed by atoms with Gasteiger partial charge < -0.3 is 14.6 Å². The molecule has 0 bridgehead atoms. The van der Waals surface area contributed by atoms with Crippen LogP contribution in [-0.2, 0) is 14.3 Å². The Hall–Kier alpha value is -1.78. The van der Waals surface area contributed by atoms with E-state index in [-0.39, 0.29) is 19.3 Å². The lowest BCUT2D eigenvalue weighted by molar-refractivity contribution is -0.562. The summed E-state index contributed by atoms with van der Waals surface area (Å²) in [5.74, 6) is -25.4. The van der Waals surface area contributed by atoms with Crippen LogP contribution in [-0.4, -0.2) is 58.4 Å². The number of esters is 1. The third-order valence-corrected chi connectivity index (χ3v) is 6.21. The predicted molar refractivity (Wildman–Crippen MR) is 87.0 cm³/mol. The van der Waals surface area contributed by atoms with Crippen LogP contribution in [0.3, 0.4) is 0 Å². The Morgan fingerprint density at radius 1 is 0.886 bits per heavy atom. The van der Waals surface area contributed by atoms with Crippen LogP contribution in [0.5, 0.6) is 0 Å². The molecule has 2 aliphatic rings. The normalized spacial score (nSPS) is 34.4. The fraction of sp³-hybridized carbons (Fsp3) is 0.833. The lowest BCUT2D eigenvalue weighted by atomic mass is 9.64. The molecule has 3 unspecified atom stereocenters. The first kappa shape index (κ1) is 29.5. The molecule has 0 spiro atoms. The summed E-state index contributed by atoms with van der Waals surface area (Å²) < 4.78 is 190. The number of alkyl halides is 13. The zero-order valence-electron chi connectivity index (χ0n) is 17.4. The topological polar surface area (TPSA) is 55.8 Å². The minimum atomic E-state index is -7.08. The number of carbonyl (C=O) groups excluding carboxylic acids is 1. The van der Waals surface area contributed by atoms with Crippen molar-refractivity contribution in [2.45, 2.75) is 86.4 Å². The van der Waals surface area contributed by atoms with Gasteiger partial charge in [0.1, 0.15) is 5.57 Å². The molecule has 3 atom stereocenters. The third kappa shape index (κ3) is 3.87. The molecule has 1 saturated heterocycles. The van der Waals surface area contributed by atoms with Gasteiger partial charge in [0.25, 0.3) is 0 Å². The summed E-state index contributed by atoms with van der Waals surface area (Å²) in [6.45, 7) is 1.21. The van der Waals surface area contributed by atoms with Gasteiger partial charge in [0.05, 0.1) is 0 Å². The Morgan fingerprint density at radius 3 is 1.71 bits per heavy atom. The van der Waals surface area contributed by atoms with Crippen LogP contribution in [0, 0.1) is 5.92 Å². The van der Waals surface area contributed by atoms with E-state index in [1.54, 1.807) is 0 Å². The zero-order chi connectivity index (χ0) is 27.7. The van der Waals surface area contributed by atoms with Crippen LogP contribution in [0.15, 0.2) is 12.2 Å². The summed E-state index contributed by atoms with van der Waals surface area (Å²) in [7, 11) is 0. The number of hydrogen-bond acceptors (Lipinski definition) is 4. The van der Waals surface area contributed by atoms with Gasteiger partial charge in [-0.15, -0.1) is 0 Å². The average molecular weight is 544 g/mol. The summed E-state index contributed by atoms with van der Waals surface area (Å²) in [4.78, 5) is 11.7. The maximum Gasteiger partial charge on any atom is 0.462 e. The predicted octanol–water partition coefficient (Wildman–Crippen LogP) is 5.84. The Labute approximate surface area is 188 Å². The van der Waals surface area contributed by atoms with E-state index in [2.05, 4.69) is 9.47 Å². The fourth-order valence-electron chi connectivity index (χ4n) is 4.24. The fourth-order valence-corrected chi connectivity index (χ4v) is 4.24. The van der Waals surface area contributed by atoms with Gasteiger partial charge in [0.2, 0.25) is 5.60 Å². The highest BCUT2D eigenvalue weighted by Crippen LogP contribution is 2.69. The van der Waals surface area contributed by atoms with Crippen LogP contribution in [0.1, 0.15) is 39.0 Å². The number of carbonyl (C=O) groups is 1. The quantitative estimate of drug-likeness (QED) is 0.276. The summed E-state index contributed by atoms with van der Waals surface area (Å²) in [6, 6.07) is 0. The van der Waals surface area contributed by atoms with E-state index in [0.29, 0.717) is 0 Å². The number of rotatable bonds is 3. The van der Waals surface area contributed by atoms with Gasteiger partial charge in [-0.1, -0.05) is 25.8 Å². The van der Waals surface area contributed by atoms with Gasteiger partial charge in [-0.2, -0.15) is 57.1 Å². The van der Waals surface area contributed by atoms with Crippen molar-refractivity contribution in [2.75, 3.05) is 0 Å². The van der Waals surface area contributed by atoms with Crippen molar-refractivity contribution in [2.24, 2.45) is 5.92 Å². The van der Waals surface area contributed by atoms with Crippen molar-refractivity contribution in [3.8, 4) is 0 Å². The molecule has 0 radical (unpaired) electrons. The van der Waals surface area contributed by atoms with Crippen molar-refractivity contribution in [3.63, 3.8) is 0 Å². The SMILES string of the molecule is C=C(C(=O)OC1(C(F)(F)F)OC(C2CCCCC2)(C(F)(F)F)C(F)(F)C(C)(O)C1(F)F)C(F)(F)F. The molecule has 0 aromatic rings. The number of ether oxygens (including phenoxy) is 2. The van der Waals surface area contributed by atoms with Crippen molar-refractivity contribution in [3.05, 3.63) is 12.2 Å². The Balaban J connectivity index is 2.95. The van der Waals surface area contributed by atoms with E-state index in [1.165, 1.54) is 0 Å². The first-order chi connectivity index (χ1) is 15.4. The van der Waals surface area contributed by atoms with E-state index in [4.69, 9.17) is 0 Å². The van der Waals surface area contributed by atoms with Crippen LogP contribution in [0.4, 0.5) is 57.1 Å². The molecular formula is C18H17F13O4. The molecule has 204 valence electrons. The maximum absolute atomic E-state index is 15.2. The second-order valence-electron chi connectivity index (χ2n) is 8.37. The van der Waals surface area contributed by atoms with E-state index in [9.17, 15) is 58.2 Å². The number of hydrogen-bond donors (Lipinski definition) is 1. The smallest absolute Gasteiger partial charge is 0.414 e. The molecule has 35 heavy (non-hydrogen) atoms. The summed E-state index contributed by atoms with van der Waals surface area (Å²) >= 11 is 0. The molecule has 1 heterocycles. The minimum absolute atomic E-state index is 0.118. The molecule has 0 aromatic carbocycles. The zero-order valence-corrected chi connectivity index (χ0v) is 17.4. The molecule has 2 fully saturated rings. The monoisotopic (exact) mass is 544 g/mol. The molecular weight excluding hydrogens is 527 g/mol. The van der Waals surface area contributed by atoms with Crippen molar-refractivity contribution in [1.82, 2.24) is 0 Å². The highest BCUT2D eigenvalue weighted by atomic mass is 19.4. The minimum Gasteiger partial charge on any atom is -0.414 e. The van der Waals surface area contributed by atoms with E-state index in [1.807, 2.05) is 6.58 Å². The molecule has 1 saturated carbocycles. The van der Waals surface area contributed by atoms with E-state index in [0.717, 1.165) is 0 Å². The van der Waals surface area contributed by atoms with Crippen LogP contribution in [0.2, 0.25) is 0 Å². The lowest BCUT2D eigenvalue weighted by Crippen LogP contribution is -2.88. The number of aliphatic hydroxyl groups is 1. The molecule has 1 N–H and O–H groups in total. The summed E-state index contributed by atoms with van der Waals surface area (Å²) in [5.41, 5.74) is -14.1. The second-order valence-corrected chi connectivity index (χ2v) is 8.37. The summed E-state index contributed by atoms with van der Waals surface area (Å²) in [5, 5.41) is 9.95. The molecule has 0 aromatic heterocycles. The molecule has 1 aliphatic carbocycles. The molecule has 0 amide bonds. The lowest BCUT2D eigenvalue weighted by Gasteiger charge is -2.61. The Morgan fingerprint density at radius 2 is 1.34 bits per heavy atom. The Kier molecular flexibility index (Phi) is 6.83. The molecule has 4 nitrogen and oxygen atoms in total. The second kappa shape index (κ2) is 8.11. The molecule has 1 aliphatic heterocycles. The van der Waals surface area contributed by atoms with Gasteiger partial charge in [-0.25, -0.2) is 4.79 Å². The van der Waals surface area contributed by atoms with Gasteiger partial charge in [-0.05, 0) is 19.8 Å². The average Bonchev–Trinajstić information content (AvgIpc) is 2.66. The van der Waals surface area contributed by atoms with E-state index >= 15 is 8.78 Å². The van der Waals surface area contributed by atoms with Crippen molar-refractivity contribution < 1.29 is 76.5 Å². The Bertz CT molecular complexity index is 852. The highest BCUT2D eigenvalue weighted by molar-refractivity contribution is 5.89. The van der Waals surface area contributed by atoms with Crippen LogP contribution >= 0.6 is 0 Å². The van der Waals surface area contributed by atoms with Crippen LogP contribution in [0.25, 0.3) is 0 Å². The van der Waals surface area contributed by atoms with Gasteiger partial charge in [0, 0.05) is 5.92 Å². The van der Waals surface area contributed by atoms with Gasteiger partial charge in [-0.3, -0.25) is 0 Å². The first-order valence-corrected chi connectivity index (χ1v) is 9.66. The number of halogens is 13. The third-order valence-electron chi connectivity index (χ3n) is 6.21. The van der Waals surface area contributed by atoms with Gasteiger partial charge in [0.15, 0.2) is 5.60 Å².